The Morgan fingerprint density at radius 1 is 1.10 bits per heavy atom. The molecule has 0 fully saturated rings. The second kappa shape index (κ2) is 9.59. The minimum Gasteiger partial charge on any atom is -0.491 e. The van der Waals surface area contributed by atoms with Crippen LogP contribution in [0.25, 0.3) is 11.0 Å². The van der Waals surface area contributed by atoms with Crippen LogP contribution in [-0.2, 0) is 17.8 Å². The van der Waals surface area contributed by atoms with E-state index in [-0.39, 0.29) is 11.8 Å². The van der Waals surface area contributed by atoms with E-state index in [1.807, 2.05) is 32.0 Å². The summed E-state index contributed by atoms with van der Waals surface area (Å²) >= 11 is 0. The van der Waals surface area contributed by atoms with Crippen LogP contribution in [0.4, 0.5) is 0 Å². The van der Waals surface area contributed by atoms with Crippen LogP contribution < -0.4 is 10.1 Å². The summed E-state index contributed by atoms with van der Waals surface area (Å²) in [6.45, 7) is 9.96. The number of aryl methyl sites for hydroxylation is 3. The molecule has 3 rings (SSSR count). The molecule has 0 bridgehead atoms. The first-order valence-corrected chi connectivity index (χ1v) is 10.4. The second-order valence-electron chi connectivity index (χ2n) is 7.79. The van der Waals surface area contributed by atoms with Gasteiger partial charge in [0.1, 0.15) is 18.2 Å². The summed E-state index contributed by atoms with van der Waals surface area (Å²) in [5.41, 5.74) is 4.43. The minimum absolute atomic E-state index is 0.0154. The van der Waals surface area contributed by atoms with Crippen LogP contribution in [-0.4, -0.2) is 28.6 Å². The number of carbonyl (C=O) groups excluding carboxylic acids is 1. The fourth-order valence-corrected chi connectivity index (χ4v) is 3.49. The Morgan fingerprint density at radius 2 is 1.83 bits per heavy atom. The molecule has 154 valence electrons. The molecule has 2 aromatic carbocycles. The minimum atomic E-state index is 0.0154. The fraction of sp³-hybridized carbons (Fsp3) is 0.417. The predicted molar refractivity (Wildman–Crippen MR) is 117 cm³/mol. The summed E-state index contributed by atoms with van der Waals surface area (Å²) in [5.74, 6) is 2.12. The highest BCUT2D eigenvalue weighted by atomic mass is 16.5. The smallest absolute Gasteiger partial charge is 0.222 e. The number of hydrogen-bond acceptors (Lipinski definition) is 3. The molecule has 0 aliphatic heterocycles. The summed E-state index contributed by atoms with van der Waals surface area (Å²) < 4.78 is 8.37. The van der Waals surface area contributed by atoms with E-state index in [2.05, 4.69) is 48.0 Å². The first-order valence-electron chi connectivity index (χ1n) is 10.4. The highest BCUT2D eigenvalue weighted by Gasteiger charge is 2.12. The quantitative estimate of drug-likeness (QED) is 0.547. The Bertz CT molecular complexity index is 955. The molecule has 1 amide bonds. The standard InChI is InChI=1S/C24H31N3O2/c1-17(2)24(28)25-14-8-13-22-26-20-11-5-6-12-21(20)27(22)15-16-29-23-18(3)9-7-10-19(23)4/h5-7,9-12,17H,8,13-16H2,1-4H3,(H,25,28). The molecule has 29 heavy (non-hydrogen) atoms. The molecule has 0 aliphatic rings. The Kier molecular flexibility index (Phi) is 6.91. The lowest BCUT2D eigenvalue weighted by Crippen LogP contribution is -2.28. The highest BCUT2D eigenvalue weighted by Crippen LogP contribution is 2.23. The zero-order chi connectivity index (χ0) is 20.8. The highest BCUT2D eigenvalue weighted by molar-refractivity contribution is 5.77. The zero-order valence-electron chi connectivity index (χ0n) is 17.9. The van der Waals surface area contributed by atoms with Gasteiger partial charge in [0, 0.05) is 18.9 Å². The monoisotopic (exact) mass is 393 g/mol. The molecular formula is C24H31N3O2. The molecule has 1 aromatic heterocycles. The third kappa shape index (κ3) is 5.17. The number of benzene rings is 2. The second-order valence-corrected chi connectivity index (χ2v) is 7.79. The Morgan fingerprint density at radius 3 is 2.55 bits per heavy atom. The van der Waals surface area contributed by atoms with Crippen LogP contribution in [0.5, 0.6) is 5.75 Å². The van der Waals surface area contributed by atoms with E-state index in [9.17, 15) is 4.79 Å². The van der Waals surface area contributed by atoms with Gasteiger partial charge in [-0.05, 0) is 43.5 Å². The molecule has 3 aromatic rings. The van der Waals surface area contributed by atoms with Crippen molar-refractivity contribution in [3.63, 3.8) is 0 Å². The molecule has 1 N–H and O–H groups in total. The molecule has 0 saturated carbocycles. The molecule has 0 atom stereocenters. The summed E-state index contributed by atoms with van der Waals surface area (Å²) in [4.78, 5) is 16.6. The van der Waals surface area contributed by atoms with Crippen molar-refractivity contribution in [2.45, 2.75) is 47.1 Å². The number of carbonyl (C=O) groups is 1. The third-order valence-corrected chi connectivity index (χ3v) is 5.10. The van der Waals surface area contributed by atoms with Crippen LogP contribution in [0.3, 0.4) is 0 Å². The van der Waals surface area contributed by atoms with Crippen LogP contribution in [0.15, 0.2) is 42.5 Å². The maximum absolute atomic E-state index is 11.7. The van der Waals surface area contributed by atoms with Gasteiger partial charge in [-0.25, -0.2) is 4.98 Å². The van der Waals surface area contributed by atoms with E-state index in [1.165, 1.54) is 0 Å². The van der Waals surface area contributed by atoms with Gasteiger partial charge in [0.05, 0.1) is 17.6 Å². The van der Waals surface area contributed by atoms with Gasteiger partial charge in [0.25, 0.3) is 0 Å². The van der Waals surface area contributed by atoms with E-state index < -0.39 is 0 Å². The molecule has 0 unspecified atom stereocenters. The van der Waals surface area contributed by atoms with Crippen molar-refractivity contribution in [2.24, 2.45) is 5.92 Å². The molecule has 0 spiro atoms. The number of nitrogens with one attached hydrogen (secondary N) is 1. The van der Waals surface area contributed by atoms with E-state index in [0.717, 1.165) is 53.1 Å². The first kappa shape index (κ1) is 20.9. The Labute approximate surface area is 173 Å². The predicted octanol–water partition coefficient (Wildman–Crippen LogP) is 4.44. The van der Waals surface area contributed by atoms with Crippen molar-refractivity contribution in [2.75, 3.05) is 13.2 Å². The lowest BCUT2D eigenvalue weighted by molar-refractivity contribution is -0.123. The lowest BCUT2D eigenvalue weighted by Gasteiger charge is -2.14. The molecule has 5 nitrogen and oxygen atoms in total. The average molecular weight is 394 g/mol. The van der Waals surface area contributed by atoms with Crippen LogP contribution in [0.2, 0.25) is 0 Å². The maximum Gasteiger partial charge on any atom is 0.222 e. The lowest BCUT2D eigenvalue weighted by atomic mass is 10.1. The maximum atomic E-state index is 11.7. The number of amides is 1. The number of nitrogens with zero attached hydrogens (tertiary/aromatic N) is 2. The molecule has 5 heteroatoms. The van der Waals surface area contributed by atoms with Crippen molar-refractivity contribution in [3.05, 3.63) is 59.4 Å². The van der Waals surface area contributed by atoms with Gasteiger partial charge in [-0.3, -0.25) is 4.79 Å². The van der Waals surface area contributed by atoms with E-state index in [1.54, 1.807) is 0 Å². The molecule has 0 aliphatic carbocycles. The SMILES string of the molecule is Cc1cccc(C)c1OCCn1c(CCCNC(=O)C(C)C)nc2ccccc21. The number of hydrogen-bond donors (Lipinski definition) is 1. The van der Waals surface area contributed by atoms with Gasteiger partial charge in [-0.15, -0.1) is 0 Å². The van der Waals surface area contributed by atoms with Crippen LogP contribution >= 0.6 is 0 Å². The van der Waals surface area contributed by atoms with Gasteiger partial charge in [0.2, 0.25) is 5.91 Å². The van der Waals surface area contributed by atoms with Crippen molar-refractivity contribution in [1.29, 1.82) is 0 Å². The van der Waals surface area contributed by atoms with E-state index in [0.29, 0.717) is 13.2 Å². The summed E-state index contributed by atoms with van der Waals surface area (Å²) in [6, 6.07) is 14.4. The van der Waals surface area contributed by atoms with Crippen molar-refractivity contribution in [3.8, 4) is 5.75 Å². The van der Waals surface area contributed by atoms with Gasteiger partial charge in [-0.2, -0.15) is 0 Å². The average Bonchev–Trinajstić information content (AvgIpc) is 3.04. The largest absolute Gasteiger partial charge is 0.491 e. The van der Waals surface area contributed by atoms with Gasteiger partial charge < -0.3 is 14.6 Å². The Balaban J connectivity index is 1.67. The molecular weight excluding hydrogens is 362 g/mol. The number of imidazole rings is 1. The summed E-state index contributed by atoms with van der Waals surface area (Å²) in [5, 5.41) is 2.98. The van der Waals surface area contributed by atoms with Gasteiger partial charge >= 0.3 is 0 Å². The van der Waals surface area contributed by atoms with Crippen molar-refractivity contribution < 1.29 is 9.53 Å². The first-order chi connectivity index (χ1) is 14.0. The normalized spacial score (nSPS) is 11.2. The summed E-state index contributed by atoms with van der Waals surface area (Å²) in [7, 11) is 0. The zero-order valence-corrected chi connectivity index (χ0v) is 17.9. The number of rotatable bonds is 9. The number of ether oxygens (including phenoxy) is 1. The topological polar surface area (TPSA) is 56.1 Å². The van der Waals surface area contributed by atoms with Crippen LogP contribution in [0.1, 0.15) is 37.2 Å². The van der Waals surface area contributed by atoms with Crippen molar-refractivity contribution in [1.82, 2.24) is 14.9 Å². The van der Waals surface area contributed by atoms with Crippen molar-refractivity contribution >= 4 is 16.9 Å². The Hall–Kier alpha value is -2.82. The third-order valence-electron chi connectivity index (χ3n) is 5.10. The molecule has 0 saturated heterocycles. The summed E-state index contributed by atoms with van der Waals surface area (Å²) in [6.07, 6.45) is 1.68. The fourth-order valence-electron chi connectivity index (χ4n) is 3.49. The molecule has 0 radical (unpaired) electrons. The van der Waals surface area contributed by atoms with E-state index >= 15 is 0 Å². The van der Waals surface area contributed by atoms with Gasteiger partial charge in [0.15, 0.2) is 0 Å². The van der Waals surface area contributed by atoms with Crippen LogP contribution in [0, 0.1) is 19.8 Å². The number of para-hydroxylation sites is 3. The van der Waals surface area contributed by atoms with E-state index in [4.69, 9.17) is 9.72 Å². The number of aromatic nitrogens is 2. The van der Waals surface area contributed by atoms with Gasteiger partial charge in [-0.1, -0.05) is 44.2 Å². The molecule has 1 heterocycles. The number of fused-ring (bicyclic) bond motifs is 1.